The fourth-order valence-corrected chi connectivity index (χ4v) is 6.92. The highest BCUT2D eigenvalue weighted by molar-refractivity contribution is 5.45. The lowest BCUT2D eigenvalue weighted by Gasteiger charge is -2.41. The van der Waals surface area contributed by atoms with Gasteiger partial charge in [0.05, 0.1) is 0 Å². The Balaban J connectivity index is 0.000000475. The van der Waals surface area contributed by atoms with Crippen molar-refractivity contribution in [3.05, 3.63) is 82.0 Å². The van der Waals surface area contributed by atoms with Crippen LogP contribution in [0.3, 0.4) is 0 Å². The third kappa shape index (κ3) is 9.63. The molecule has 224 valence electrons. The van der Waals surface area contributed by atoms with Crippen LogP contribution in [0.5, 0.6) is 0 Å². The monoisotopic (exact) mass is 545 g/mol. The van der Waals surface area contributed by atoms with Gasteiger partial charge >= 0.3 is 0 Å². The fraction of sp³-hybridized carbons (Fsp3) is 0.650. The summed E-state index contributed by atoms with van der Waals surface area (Å²) in [5.41, 5.74) is 11.3. The van der Waals surface area contributed by atoms with Crippen LogP contribution in [0.2, 0.25) is 0 Å². The minimum absolute atomic E-state index is 0.378. The highest BCUT2D eigenvalue weighted by Gasteiger charge is 2.36. The molecule has 0 saturated heterocycles. The highest BCUT2D eigenvalue weighted by atomic mass is 14.4. The van der Waals surface area contributed by atoms with Gasteiger partial charge in [0.25, 0.3) is 0 Å². The summed E-state index contributed by atoms with van der Waals surface area (Å²) in [4.78, 5) is 0. The van der Waals surface area contributed by atoms with Crippen molar-refractivity contribution in [2.45, 2.75) is 152 Å². The zero-order valence-corrected chi connectivity index (χ0v) is 28.1. The Morgan fingerprint density at radius 1 is 1.02 bits per heavy atom. The van der Waals surface area contributed by atoms with Crippen molar-refractivity contribution >= 4 is 0 Å². The molecule has 3 aliphatic carbocycles. The largest absolute Gasteiger partial charge is 0.0990 e. The topological polar surface area (TPSA) is 0 Å². The molecular formula is C40H64. The predicted molar refractivity (Wildman–Crippen MR) is 181 cm³/mol. The van der Waals surface area contributed by atoms with Crippen LogP contribution in [0, 0.1) is 24.2 Å². The maximum atomic E-state index is 4.62. The number of rotatable bonds is 10. The first-order valence-corrected chi connectivity index (χ1v) is 17.0. The van der Waals surface area contributed by atoms with Crippen LogP contribution < -0.4 is 0 Å². The van der Waals surface area contributed by atoms with Gasteiger partial charge in [-0.3, -0.25) is 0 Å². The first-order chi connectivity index (χ1) is 19.2. The van der Waals surface area contributed by atoms with E-state index in [2.05, 4.69) is 91.5 Å². The Hall–Kier alpha value is -1.82. The summed E-state index contributed by atoms with van der Waals surface area (Å²) in [6.07, 6.45) is 25.7. The molecule has 0 nitrogen and oxygen atoms in total. The molecule has 0 N–H and O–H groups in total. The minimum atomic E-state index is 0.378. The van der Waals surface area contributed by atoms with Crippen molar-refractivity contribution < 1.29 is 0 Å². The number of allylic oxidation sites excluding steroid dienone is 7. The average Bonchev–Trinajstić information content (AvgIpc) is 2.93. The van der Waals surface area contributed by atoms with Crippen LogP contribution in [0.1, 0.15) is 154 Å². The Morgan fingerprint density at radius 3 is 2.27 bits per heavy atom. The number of hydrogen-bond acceptors (Lipinski definition) is 0. The molecule has 1 aromatic carbocycles. The molecule has 2 atom stereocenters. The fourth-order valence-electron chi connectivity index (χ4n) is 6.92. The molecule has 0 radical (unpaired) electrons. The molecule has 0 aliphatic heterocycles. The summed E-state index contributed by atoms with van der Waals surface area (Å²) in [6, 6.07) is 5.10. The van der Waals surface area contributed by atoms with Crippen LogP contribution in [0.25, 0.3) is 0 Å². The lowest BCUT2D eigenvalue weighted by atomic mass is 9.63. The number of benzene rings is 1. The molecule has 1 aromatic rings. The second-order valence-corrected chi connectivity index (χ2v) is 13.3. The molecule has 0 bridgehead atoms. The smallest absolute Gasteiger partial charge is 0.00613 e. The molecule has 0 heteroatoms. The van der Waals surface area contributed by atoms with E-state index in [1.54, 1.807) is 22.3 Å². The highest BCUT2D eigenvalue weighted by Crippen LogP contribution is 2.49. The average molecular weight is 545 g/mol. The number of hydrogen-bond donors (Lipinski definition) is 0. The molecule has 1 saturated carbocycles. The first kappa shape index (κ1) is 34.4. The van der Waals surface area contributed by atoms with Gasteiger partial charge in [0.2, 0.25) is 0 Å². The van der Waals surface area contributed by atoms with Crippen molar-refractivity contribution in [2.75, 3.05) is 0 Å². The van der Waals surface area contributed by atoms with E-state index in [4.69, 9.17) is 0 Å². The summed E-state index contributed by atoms with van der Waals surface area (Å²) >= 11 is 0. The lowest BCUT2D eigenvalue weighted by Crippen LogP contribution is -2.29. The lowest BCUT2D eigenvalue weighted by molar-refractivity contribution is 0.211. The normalized spacial score (nSPS) is 21.2. The maximum absolute atomic E-state index is 4.62. The summed E-state index contributed by atoms with van der Waals surface area (Å²) in [6.45, 7) is 25.1. The predicted octanol–water partition coefficient (Wildman–Crippen LogP) is 12.8. The van der Waals surface area contributed by atoms with Gasteiger partial charge in [-0.15, -0.1) is 0 Å². The number of aryl methyl sites for hydroxylation is 2. The summed E-state index contributed by atoms with van der Waals surface area (Å²) < 4.78 is 0. The summed E-state index contributed by atoms with van der Waals surface area (Å²) in [5, 5.41) is 0. The van der Waals surface area contributed by atoms with Gasteiger partial charge in [-0.1, -0.05) is 127 Å². The molecule has 40 heavy (non-hydrogen) atoms. The zero-order valence-electron chi connectivity index (χ0n) is 28.1. The Kier molecular flexibility index (Phi) is 14.8. The Bertz CT molecular complexity index is 1010. The van der Waals surface area contributed by atoms with E-state index in [0.29, 0.717) is 11.3 Å². The van der Waals surface area contributed by atoms with E-state index in [1.165, 1.54) is 93.8 Å². The van der Waals surface area contributed by atoms with Gasteiger partial charge in [-0.05, 0) is 123 Å². The van der Waals surface area contributed by atoms with Crippen molar-refractivity contribution in [3.63, 3.8) is 0 Å². The molecular weight excluding hydrogens is 480 g/mol. The summed E-state index contributed by atoms with van der Waals surface area (Å²) in [5.74, 6) is 2.14. The van der Waals surface area contributed by atoms with E-state index >= 15 is 0 Å². The van der Waals surface area contributed by atoms with Crippen molar-refractivity contribution in [2.24, 2.45) is 17.3 Å². The van der Waals surface area contributed by atoms with E-state index in [9.17, 15) is 0 Å². The SMILES string of the molecule is C=C(Cc1cc(CCCCC)cc(C)c1C1CC(C)=CCC1C(C)C)C1(C)CCC1.CC.CCC1=CCCC=C1. The van der Waals surface area contributed by atoms with Gasteiger partial charge in [0, 0.05) is 0 Å². The zero-order chi connectivity index (χ0) is 29.7. The van der Waals surface area contributed by atoms with Gasteiger partial charge in [-0.25, -0.2) is 0 Å². The van der Waals surface area contributed by atoms with Crippen molar-refractivity contribution in [1.82, 2.24) is 0 Å². The summed E-state index contributed by atoms with van der Waals surface area (Å²) in [7, 11) is 0. The van der Waals surface area contributed by atoms with Crippen molar-refractivity contribution in [1.29, 1.82) is 0 Å². The second kappa shape index (κ2) is 17.2. The second-order valence-electron chi connectivity index (χ2n) is 13.3. The molecule has 0 spiro atoms. The van der Waals surface area contributed by atoms with Gasteiger partial charge in [0.1, 0.15) is 0 Å². The Morgan fingerprint density at radius 2 is 1.75 bits per heavy atom. The van der Waals surface area contributed by atoms with Gasteiger partial charge in [0.15, 0.2) is 0 Å². The Labute approximate surface area is 250 Å². The molecule has 0 heterocycles. The number of unbranched alkanes of at least 4 members (excludes halogenated alkanes) is 2. The van der Waals surface area contributed by atoms with Gasteiger partial charge < -0.3 is 0 Å². The van der Waals surface area contributed by atoms with E-state index < -0.39 is 0 Å². The molecule has 0 amide bonds. The standard InChI is InChI=1S/C30H46.C8H12.C2H6/c1-8-9-10-12-25-18-23(5)29(28-17-22(4)13-14-27(28)21(2)3)26(20-25)19-24(6)30(7)15-11-16-30;1-2-8-6-4-3-5-7-8;1-2/h13,18,20-21,27-28H,6,8-12,14-17,19H2,1-5,7H3;4,6-7H,2-3,5H2,1H3;1-2H3. The van der Waals surface area contributed by atoms with E-state index in [-0.39, 0.29) is 0 Å². The first-order valence-electron chi connectivity index (χ1n) is 17.0. The third-order valence-corrected chi connectivity index (χ3v) is 9.82. The van der Waals surface area contributed by atoms with Crippen LogP contribution in [0.15, 0.2) is 59.7 Å². The molecule has 4 rings (SSSR count). The third-order valence-electron chi connectivity index (χ3n) is 9.82. The molecule has 2 unspecified atom stereocenters. The molecule has 1 fully saturated rings. The van der Waals surface area contributed by atoms with Crippen LogP contribution in [-0.2, 0) is 12.8 Å². The molecule has 3 aliphatic rings. The van der Waals surface area contributed by atoms with Crippen LogP contribution >= 0.6 is 0 Å². The van der Waals surface area contributed by atoms with E-state index in [1.807, 2.05) is 13.8 Å². The van der Waals surface area contributed by atoms with Crippen LogP contribution in [-0.4, -0.2) is 0 Å². The van der Waals surface area contributed by atoms with Crippen LogP contribution in [0.4, 0.5) is 0 Å². The molecule has 0 aromatic heterocycles. The van der Waals surface area contributed by atoms with Crippen molar-refractivity contribution in [3.8, 4) is 0 Å². The van der Waals surface area contributed by atoms with E-state index in [0.717, 1.165) is 18.3 Å². The minimum Gasteiger partial charge on any atom is -0.0990 e. The maximum Gasteiger partial charge on any atom is -0.00613 e. The quantitative estimate of drug-likeness (QED) is 0.203. The van der Waals surface area contributed by atoms with Gasteiger partial charge in [-0.2, -0.15) is 0 Å².